The van der Waals surface area contributed by atoms with Crippen molar-refractivity contribution in [3.05, 3.63) is 59.7 Å². The van der Waals surface area contributed by atoms with Gasteiger partial charge in [-0.2, -0.15) is 0 Å². The maximum atomic E-state index is 10.9. The first-order valence-corrected chi connectivity index (χ1v) is 6.28. The SMILES string of the molecule is CN(C)c1cccc(COc2cccc(C(=O)O)c2)c1. The van der Waals surface area contributed by atoms with E-state index < -0.39 is 5.97 Å². The van der Waals surface area contributed by atoms with Gasteiger partial charge >= 0.3 is 5.97 Å². The number of carbonyl (C=O) groups is 1. The van der Waals surface area contributed by atoms with Crippen LogP contribution in [0, 0.1) is 0 Å². The van der Waals surface area contributed by atoms with Crippen molar-refractivity contribution in [3.63, 3.8) is 0 Å². The lowest BCUT2D eigenvalue weighted by Crippen LogP contribution is -2.09. The molecule has 20 heavy (non-hydrogen) atoms. The van der Waals surface area contributed by atoms with E-state index in [9.17, 15) is 4.79 Å². The lowest BCUT2D eigenvalue weighted by molar-refractivity contribution is 0.0696. The molecule has 0 fully saturated rings. The van der Waals surface area contributed by atoms with Gasteiger partial charge in [0.25, 0.3) is 0 Å². The van der Waals surface area contributed by atoms with Crippen LogP contribution in [0.15, 0.2) is 48.5 Å². The molecule has 0 aliphatic heterocycles. The van der Waals surface area contributed by atoms with E-state index in [1.807, 2.05) is 43.3 Å². The van der Waals surface area contributed by atoms with Crippen molar-refractivity contribution < 1.29 is 14.6 Å². The minimum atomic E-state index is -0.954. The van der Waals surface area contributed by atoms with Gasteiger partial charge in [0, 0.05) is 19.8 Å². The van der Waals surface area contributed by atoms with Gasteiger partial charge in [0.1, 0.15) is 12.4 Å². The number of anilines is 1. The quantitative estimate of drug-likeness (QED) is 0.908. The molecule has 0 amide bonds. The fraction of sp³-hybridized carbons (Fsp3) is 0.188. The summed E-state index contributed by atoms with van der Waals surface area (Å²) < 4.78 is 5.64. The summed E-state index contributed by atoms with van der Waals surface area (Å²) in [7, 11) is 3.96. The molecule has 0 saturated heterocycles. The Labute approximate surface area is 118 Å². The van der Waals surface area contributed by atoms with Gasteiger partial charge in [0.2, 0.25) is 0 Å². The standard InChI is InChI=1S/C16H17NO3/c1-17(2)14-7-3-5-12(9-14)11-20-15-8-4-6-13(10-15)16(18)19/h3-10H,11H2,1-2H3,(H,18,19). The number of aromatic carboxylic acids is 1. The zero-order chi connectivity index (χ0) is 14.5. The molecule has 0 bridgehead atoms. The van der Waals surface area contributed by atoms with Crippen LogP contribution < -0.4 is 9.64 Å². The highest BCUT2D eigenvalue weighted by Crippen LogP contribution is 2.18. The Bertz CT molecular complexity index is 608. The highest BCUT2D eigenvalue weighted by atomic mass is 16.5. The number of carboxylic acids is 1. The molecule has 0 saturated carbocycles. The summed E-state index contributed by atoms with van der Waals surface area (Å²) in [6.45, 7) is 0.407. The van der Waals surface area contributed by atoms with Crippen LogP contribution in [-0.4, -0.2) is 25.2 Å². The molecule has 104 valence electrons. The number of rotatable bonds is 5. The summed E-state index contributed by atoms with van der Waals surface area (Å²) in [5.74, 6) is -0.398. The molecule has 0 unspecified atom stereocenters. The number of carboxylic acid groups (broad SMARTS) is 1. The van der Waals surface area contributed by atoms with Crippen LogP contribution in [0.2, 0.25) is 0 Å². The highest BCUT2D eigenvalue weighted by Gasteiger charge is 2.04. The Kier molecular flexibility index (Phi) is 4.25. The highest BCUT2D eigenvalue weighted by molar-refractivity contribution is 5.87. The van der Waals surface area contributed by atoms with Gasteiger partial charge in [0.05, 0.1) is 5.56 Å². The van der Waals surface area contributed by atoms with Crippen LogP contribution in [0.5, 0.6) is 5.75 Å². The van der Waals surface area contributed by atoms with Crippen molar-refractivity contribution in [2.75, 3.05) is 19.0 Å². The van der Waals surface area contributed by atoms with Crippen LogP contribution in [0.1, 0.15) is 15.9 Å². The second kappa shape index (κ2) is 6.10. The molecular weight excluding hydrogens is 254 g/mol. The largest absolute Gasteiger partial charge is 0.489 e. The second-order valence-corrected chi connectivity index (χ2v) is 4.69. The van der Waals surface area contributed by atoms with Gasteiger partial charge < -0.3 is 14.7 Å². The van der Waals surface area contributed by atoms with E-state index in [0.29, 0.717) is 12.4 Å². The molecule has 4 nitrogen and oxygen atoms in total. The minimum absolute atomic E-state index is 0.226. The topological polar surface area (TPSA) is 49.8 Å². The molecular formula is C16H17NO3. The molecule has 0 heterocycles. The molecule has 0 aromatic heterocycles. The fourth-order valence-corrected chi connectivity index (χ4v) is 1.81. The van der Waals surface area contributed by atoms with Crippen LogP contribution in [0.4, 0.5) is 5.69 Å². The Morgan fingerprint density at radius 2 is 1.90 bits per heavy atom. The van der Waals surface area contributed by atoms with Crippen LogP contribution >= 0.6 is 0 Å². The van der Waals surface area contributed by atoms with Gasteiger partial charge in [-0.25, -0.2) is 4.79 Å². The van der Waals surface area contributed by atoms with Gasteiger partial charge in [-0.3, -0.25) is 0 Å². The summed E-state index contributed by atoms with van der Waals surface area (Å²) in [4.78, 5) is 12.9. The molecule has 4 heteroatoms. The van der Waals surface area contributed by atoms with Gasteiger partial charge in [-0.1, -0.05) is 18.2 Å². The first kappa shape index (κ1) is 13.9. The third-order valence-electron chi connectivity index (χ3n) is 2.91. The van der Waals surface area contributed by atoms with E-state index in [-0.39, 0.29) is 5.56 Å². The average molecular weight is 271 g/mol. The Balaban J connectivity index is 2.07. The molecule has 0 atom stereocenters. The molecule has 2 aromatic rings. The third kappa shape index (κ3) is 3.51. The molecule has 0 aliphatic rings. The maximum absolute atomic E-state index is 10.9. The fourth-order valence-electron chi connectivity index (χ4n) is 1.81. The van der Waals surface area contributed by atoms with E-state index in [0.717, 1.165) is 11.3 Å². The monoisotopic (exact) mass is 271 g/mol. The van der Waals surface area contributed by atoms with Gasteiger partial charge in [-0.05, 0) is 35.9 Å². The smallest absolute Gasteiger partial charge is 0.335 e. The lowest BCUT2D eigenvalue weighted by atomic mass is 10.2. The summed E-state index contributed by atoms with van der Waals surface area (Å²) in [5.41, 5.74) is 2.37. The number of ether oxygens (including phenoxy) is 1. The zero-order valence-electron chi connectivity index (χ0n) is 11.5. The minimum Gasteiger partial charge on any atom is -0.489 e. The van der Waals surface area contributed by atoms with E-state index in [4.69, 9.17) is 9.84 Å². The average Bonchev–Trinajstić information content (AvgIpc) is 2.45. The Hall–Kier alpha value is -2.49. The van der Waals surface area contributed by atoms with Crippen molar-refractivity contribution in [1.82, 2.24) is 0 Å². The first-order chi connectivity index (χ1) is 9.56. The Morgan fingerprint density at radius 1 is 1.15 bits per heavy atom. The van der Waals surface area contributed by atoms with Crippen LogP contribution in [0.25, 0.3) is 0 Å². The van der Waals surface area contributed by atoms with Gasteiger partial charge in [0.15, 0.2) is 0 Å². The van der Waals surface area contributed by atoms with E-state index in [1.165, 1.54) is 6.07 Å². The first-order valence-electron chi connectivity index (χ1n) is 6.28. The molecule has 0 aliphatic carbocycles. The molecule has 0 radical (unpaired) electrons. The summed E-state index contributed by atoms with van der Waals surface area (Å²) in [5, 5.41) is 8.93. The summed E-state index contributed by atoms with van der Waals surface area (Å²) in [6.07, 6.45) is 0. The number of nitrogens with zero attached hydrogens (tertiary/aromatic N) is 1. The van der Waals surface area contributed by atoms with E-state index in [1.54, 1.807) is 18.2 Å². The predicted octanol–water partition coefficient (Wildman–Crippen LogP) is 3.03. The van der Waals surface area contributed by atoms with E-state index in [2.05, 4.69) is 0 Å². The molecule has 2 rings (SSSR count). The second-order valence-electron chi connectivity index (χ2n) is 4.69. The van der Waals surface area contributed by atoms with Crippen LogP contribution in [0.3, 0.4) is 0 Å². The number of hydrogen-bond acceptors (Lipinski definition) is 3. The Morgan fingerprint density at radius 3 is 2.60 bits per heavy atom. The number of hydrogen-bond donors (Lipinski definition) is 1. The van der Waals surface area contributed by atoms with Crippen molar-refractivity contribution >= 4 is 11.7 Å². The maximum Gasteiger partial charge on any atom is 0.335 e. The zero-order valence-corrected chi connectivity index (χ0v) is 11.5. The van der Waals surface area contributed by atoms with Gasteiger partial charge in [-0.15, -0.1) is 0 Å². The lowest BCUT2D eigenvalue weighted by Gasteiger charge is -2.14. The van der Waals surface area contributed by atoms with Crippen LogP contribution in [-0.2, 0) is 6.61 Å². The summed E-state index contributed by atoms with van der Waals surface area (Å²) >= 11 is 0. The normalized spacial score (nSPS) is 10.1. The molecule has 1 N–H and O–H groups in total. The molecule has 0 spiro atoms. The van der Waals surface area contributed by atoms with Crippen molar-refractivity contribution in [2.24, 2.45) is 0 Å². The van der Waals surface area contributed by atoms with Crippen molar-refractivity contribution in [1.29, 1.82) is 0 Å². The van der Waals surface area contributed by atoms with E-state index >= 15 is 0 Å². The predicted molar refractivity (Wildman–Crippen MR) is 78.5 cm³/mol. The van der Waals surface area contributed by atoms with Crippen molar-refractivity contribution in [2.45, 2.75) is 6.61 Å². The summed E-state index contributed by atoms with van der Waals surface area (Å²) in [6, 6.07) is 14.5. The number of benzene rings is 2. The van der Waals surface area contributed by atoms with Crippen molar-refractivity contribution in [3.8, 4) is 5.75 Å². The third-order valence-corrected chi connectivity index (χ3v) is 2.91. The molecule has 2 aromatic carbocycles.